The maximum Gasteiger partial charge on any atom is 0.407 e. The molecule has 0 bridgehead atoms. The Kier molecular flexibility index (Phi) is 11.0. The first kappa shape index (κ1) is 41.1. The second-order valence-electron chi connectivity index (χ2n) is 17.4. The minimum absolute atomic E-state index is 0.0292. The van der Waals surface area contributed by atoms with E-state index in [9.17, 15) is 28.0 Å². The first-order valence-electron chi connectivity index (χ1n) is 20.9. The molecular formula is C44H54F2N8O6. The molecule has 2 aromatic carbocycles. The molecule has 1 aromatic heterocycles. The zero-order valence-corrected chi connectivity index (χ0v) is 34.7. The predicted molar refractivity (Wildman–Crippen MR) is 219 cm³/mol. The molecule has 4 N–H and O–H groups in total. The van der Waals surface area contributed by atoms with Gasteiger partial charge in [-0.3, -0.25) is 9.59 Å². The van der Waals surface area contributed by atoms with Crippen LogP contribution in [0.25, 0.3) is 28.1 Å². The van der Waals surface area contributed by atoms with Crippen LogP contribution in [-0.2, 0) is 19.1 Å². The van der Waals surface area contributed by atoms with E-state index >= 15 is 0 Å². The van der Waals surface area contributed by atoms with Gasteiger partial charge in [-0.1, -0.05) is 62.4 Å². The Hall–Kier alpha value is -5.67. The molecule has 60 heavy (non-hydrogen) atoms. The SMILES string of the molecule is COC(=O)N[C@H](C(=O)N1CC2(CCC(F)(F)CC2)C[C@H]1c1ncc(-c2ccc(-c3ccc(C4=CN5C(C)[C@H](NC(=O)OC)C(=O)N6CCC[C@H]6C5N4)cc3)cc2)[nH]1)C(C)C. The van der Waals surface area contributed by atoms with Crippen LogP contribution in [0.3, 0.4) is 0 Å². The summed E-state index contributed by atoms with van der Waals surface area (Å²) in [7, 11) is 2.54. The smallest absolute Gasteiger partial charge is 0.407 e. The number of alkyl carbamates (subject to hydrolysis) is 2. The standard InChI is InChI=1S/C44H54F2N8O6/c1-25(2)35(50-41(57)59-4)39(55)54-24-43(16-18-44(45,46)19-17-43)21-34(54)37-47-22-31(48-37)29-12-8-27(9-13-29)28-10-14-30(15-11-28)32-23-53-26(3)36(51-42(58)60-5)40(56)52-20-6-7-33(52)38(53)49-32/h8-15,22-23,25-26,33-36,38,49H,6-7,16-21,24H2,1-5H3,(H,47,48)(H,50,57)(H,51,58)/t26?,33-,34-,35-,36-,38?/m0/s1. The number of nitrogens with zero attached hydrogens (tertiary/aromatic N) is 4. The number of amides is 4. The average molecular weight is 829 g/mol. The number of alkyl halides is 2. The molecule has 1 saturated carbocycles. The molecule has 5 aliphatic rings. The van der Waals surface area contributed by atoms with Crippen molar-refractivity contribution >= 4 is 29.7 Å². The summed E-state index contributed by atoms with van der Waals surface area (Å²) in [4.78, 5) is 66.0. The number of hydrogen-bond donors (Lipinski definition) is 4. The first-order chi connectivity index (χ1) is 28.7. The van der Waals surface area contributed by atoms with Crippen molar-refractivity contribution in [2.24, 2.45) is 11.3 Å². The largest absolute Gasteiger partial charge is 0.453 e. The van der Waals surface area contributed by atoms with Gasteiger partial charge in [-0.15, -0.1) is 0 Å². The van der Waals surface area contributed by atoms with Crippen molar-refractivity contribution < 1.29 is 37.4 Å². The summed E-state index contributed by atoms with van der Waals surface area (Å²) in [5.74, 6) is -2.76. The third kappa shape index (κ3) is 7.76. The average Bonchev–Trinajstić information content (AvgIpc) is 4.08. The Morgan fingerprint density at radius 1 is 0.917 bits per heavy atom. The molecule has 2 unspecified atom stereocenters. The van der Waals surface area contributed by atoms with Gasteiger partial charge in [0.25, 0.3) is 0 Å². The molecule has 16 heteroatoms. The van der Waals surface area contributed by atoms with Crippen molar-refractivity contribution in [1.82, 2.24) is 40.6 Å². The van der Waals surface area contributed by atoms with Crippen LogP contribution >= 0.6 is 0 Å². The minimum atomic E-state index is -2.71. The number of carbonyl (C=O) groups excluding carboxylic acids is 4. The van der Waals surface area contributed by atoms with Crippen LogP contribution < -0.4 is 16.0 Å². The lowest BCUT2D eigenvalue weighted by atomic mass is 9.71. The zero-order valence-electron chi connectivity index (χ0n) is 34.7. The zero-order chi connectivity index (χ0) is 42.5. The van der Waals surface area contributed by atoms with Crippen LogP contribution in [0.4, 0.5) is 18.4 Å². The van der Waals surface area contributed by atoms with E-state index in [1.807, 2.05) is 49.9 Å². The monoisotopic (exact) mass is 828 g/mol. The van der Waals surface area contributed by atoms with Gasteiger partial charge in [0.2, 0.25) is 17.7 Å². The summed E-state index contributed by atoms with van der Waals surface area (Å²) in [6, 6.07) is 14.0. The normalized spacial score (nSPS) is 25.9. The number of imidazole rings is 1. The van der Waals surface area contributed by atoms with E-state index < -0.39 is 41.6 Å². The van der Waals surface area contributed by atoms with Gasteiger partial charge in [0.05, 0.1) is 49.9 Å². The van der Waals surface area contributed by atoms with Gasteiger partial charge in [0.1, 0.15) is 24.1 Å². The molecule has 1 spiro atoms. The number of H-pyrrole nitrogens is 1. The van der Waals surface area contributed by atoms with E-state index in [4.69, 9.17) is 14.5 Å². The highest BCUT2D eigenvalue weighted by Crippen LogP contribution is 2.54. The fourth-order valence-electron chi connectivity index (χ4n) is 9.90. The van der Waals surface area contributed by atoms with Gasteiger partial charge in [-0.25, -0.2) is 23.4 Å². The maximum atomic E-state index is 14.3. The summed E-state index contributed by atoms with van der Waals surface area (Å²) in [5, 5.41) is 9.13. The third-order valence-electron chi connectivity index (χ3n) is 13.4. The summed E-state index contributed by atoms with van der Waals surface area (Å²) >= 11 is 0. The highest BCUT2D eigenvalue weighted by Gasteiger charge is 2.53. The number of methoxy groups -OCH3 is 2. The van der Waals surface area contributed by atoms with Gasteiger partial charge in [0, 0.05) is 32.1 Å². The molecule has 6 atom stereocenters. The molecule has 4 fully saturated rings. The van der Waals surface area contributed by atoms with Gasteiger partial charge in [0.15, 0.2) is 0 Å². The fourth-order valence-corrected chi connectivity index (χ4v) is 9.90. The van der Waals surface area contributed by atoms with E-state index in [1.165, 1.54) is 14.2 Å². The van der Waals surface area contributed by atoms with Gasteiger partial charge >= 0.3 is 12.2 Å². The lowest BCUT2D eigenvalue weighted by molar-refractivity contribution is -0.136. The maximum absolute atomic E-state index is 14.3. The van der Waals surface area contributed by atoms with Crippen molar-refractivity contribution in [2.75, 3.05) is 27.3 Å². The molecular weight excluding hydrogens is 775 g/mol. The third-order valence-corrected chi connectivity index (χ3v) is 13.4. The van der Waals surface area contributed by atoms with Crippen LogP contribution in [0.5, 0.6) is 0 Å². The Labute approximate surface area is 348 Å². The molecule has 1 aliphatic carbocycles. The van der Waals surface area contributed by atoms with Gasteiger partial charge in [-0.05, 0) is 72.6 Å². The second-order valence-corrected chi connectivity index (χ2v) is 17.4. The molecule has 8 rings (SSSR count). The van der Waals surface area contributed by atoms with Gasteiger partial charge < -0.3 is 45.1 Å². The van der Waals surface area contributed by atoms with E-state index in [2.05, 4.69) is 56.3 Å². The van der Waals surface area contributed by atoms with Crippen molar-refractivity contribution in [2.45, 2.75) is 108 Å². The summed E-state index contributed by atoms with van der Waals surface area (Å²) in [6.07, 6.45) is 4.75. The number of ether oxygens (including phenoxy) is 2. The highest BCUT2D eigenvalue weighted by molar-refractivity contribution is 5.88. The van der Waals surface area contributed by atoms with Crippen molar-refractivity contribution in [3.05, 3.63) is 72.3 Å². The van der Waals surface area contributed by atoms with Crippen LogP contribution in [0.1, 0.15) is 83.1 Å². The van der Waals surface area contributed by atoms with Crippen LogP contribution in [0.15, 0.2) is 60.9 Å². The van der Waals surface area contributed by atoms with E-state index in [0.717, 1.165) is 46.5 Å². The number of fused-ring (bicyclic) bond motifs is 3. The van der Waals surface area contributed by atoms with Crippen molar-refractivity contribution in [3.8, 4) is 22.4 Å². The molecule has 4 aliphatic heterocycles. The van der Waals surface area contributed by atoms with Crippen molar-refractivity contribution in [3.63, 3.8) is 0 Å². The Bertz CT molecular complexity index is 2130. The quantitative estimate of drug-likeness (QED) is 0.206. The van der Waals surface area contributed by atoms with Crippen molar-refractivity contribution in [1.29, 1.82) is 0 Å². The molecule has 3 saturated heterocycles. The lowest BCUT2D eigenvalue weighted by Gasteiger charge is -2.37. The van der Waals surface area contributed by atoms with Gasteiger partial charge in [-0.2, -0.15) is 0 Å². The minimum Gasteiger partial charge on any atom is -0.453 e. The predicted octanol–water partition coefficient (Wildman–Crippen LogP) is 6.24. The molecule has 14 nitrogen and oxygen atoms in total. The number of nitrogens with one attached hydrogen (secondary N) is 4. The Morgan fingerprint density at radius 3 is 2.18 bits per heavy atom. The Morgan fingerprint density at radius 2 is 1.55 bits per heavy atom. The number of halogens is 2. The number of aromatic amines is 1. The van der Waals surface area contributed by atoms with E-state index in [1.54, 1.807) is 11.1 Å². The Balaban J connectivity index is 0.984. The number of rotatable bonds is 8. The number of carbonyl (C=O) groups is 4. The lowest BCUT2D eigenvalue weighted by Crippen LogP contribution is -2.54. The summed E-state index contributed by atoms with van der Waals surface area (Å²) in [5.41, 5.74) is 5.16. The van der Waals surface area contributed by atoms with Crippen LogP contribution in [-0.4, -0.2) is 112 Å². The number of likely N-dealkylation sites (tertiary alicyclic amines) is 1. The number of benzene rings is 2. The number of hydrogen-bond acceptors (Lipinski definition) is 9. The first-order valence-corrected chi connectivity index (χ1v) is 20.9. The molecule has 0 radical (unpaired) electrons. The second kappa shape index (κ2) is 16.1. The van der Waals surface area contributed by atoms with E-state index in [0.29, 0.717) is 38.2 Å². The topological polar surface area (TPSA) is 161 Å². The number of aromatic nitrogens is 2. The molecule has 3 aromatic rings. The molecule has 4 amide bonds. The fraction of sp³-hybridized carbons (Fsp3) is 0.523. The summed E-state index contributed by atoms with van der Waals surface area (Å²) < 4.78 is 38.3. The summed E-state index contributed by atoms with van der Waals surface area (Å²) in [6.45, 7) is 6.59. The van der Waals surface area contributed by atoms with Crippen LogP contribution in [0.2, 0.25) is 0 Å². The molecule has 320 valence electrons. The highest BCUT2D eigenvalue weighted by atomic mass is 19.3. The molecule has 5 heterocycles. The van der Waals surface area contributed by atoms with E-state index in [-0.39, 0.29) is 48.8 Å². The van der Waals surface area contributed by atoms with Crippen LogP contribution in [0, 0.1) is 11.3 Å².